The zero-order valence-corrected chi connectivity index (χ0v) is 15.1. The number of ether oxygens (including phenoxy) is 1. The van der Waals surface area contributed by atoms with Crippen molar-refractivity contribution in [2.24, 2.45) is 0 Å². The van der Waals surface area contributed by atoms with Gasteiger partial charge >= 0.3 is 5.69 Å². The molecule has 0 aliphatic heterocycles. The lowest BCUT2D eigenvalue weighted by atomic mass is 10.1. The van der Waals surface area contributed by atoms with E-state index in [0.29, 0.717) is 5.56 Å². The minimum Gasteiger partial charge on any atom is -0.500 e. The van der Waals surface area contributed by atoms with Crippen molar-refractivity contribution in [2.75, 3.05) is 7.11 Å². The van der Waals surface area contributed by atoms with Crippen LogP contribution in [0, 0.1) is 10.1 Å². The minimum atomic E-state index is -0.640. The number of methoxy groups -OCH3 is 1. The largest absolute Gasteiger partial charge is 0.500 e. The summed E-state index contributed by atoms with van der Waals surface area (Å²) in [6, 6.07) is 15.0. The molecule has 0 bridgehead atoms. The zero-order valence-electron chi connectivity index (χ0n) is 14.2. The molecule has 0 spiro atoms. The number of benzene rings is 3. The molecule has 1 N–H and O–H groups in total. The Kier molecular flexibility index (Phi) is 4.21. The van der Waals surface area contributed by atoms with E-state index in [1.165, 1.54) is 13.2 Å². The molecule has 1 heterocycles. The first-order valence-corrected chi connectivity index (χ1v) is 8.90. The van der Waals surface area contributed by atoms with E-state index in [-0.39, 0.29) is 5.75 Å². The summed E-state index contributed by atoms with van der Waals surface area (Å²) in [6.45, 7) is 0. The number of thiazole rings is 1. The fraction of sp³-hybridized carbons (Fsp3) is 0.0500. The highest BCUT2D eigenvalue weighted by Gasteiger charge is 2.19. The Morgan fingerprint density at radius 1 is 1.19 bits per heavy atom. The van der Waals surface area contributed by atoms with Gasteiger partial charge in [0.15, 0.2) is 5.75 Å². The van der Waals surface area contributed by atoms with Crippen LogP contribution >= 0.6 is 11.3 Å². The van der Waals surface area contributed by atoms with Crippen LogP contribution in [0.2, 0.25) is 0 Å². The highest BCUT2D eigenvalue weighted by atomic mass is 32.1. The molecule has 27 heavy (non-hydrogen) atoms. The predicted octanol–water partition coefficient (Wildman–Crippen LogP) is 5.24. The van der Waals surface area contributed by atoms with Gasteiger partial charge in [-0.3, -0.25) is 10.1 Å². The van der Waals surface area contributed by atoms with E-state index in [0.717, 1.165) is 26.0 Å². The molecule has 0 saturated carbocycles. The Bertz CT molecular complexity index is 1210. The Hall–Kier alpha value is -3.45. The van der Waals surface area contributed by atoms with Gasteiger partial charge in [0.2, 0.25) is 5.75 Å². The average Bonchev–Trinajstić information content (AvgIpc) is 3.10. The van der Waals surface area contributed by atoms with Crippen LogP contribution in [0.25, 0.3) is 33.1 Å². The summed E-state index contributed by atoms with van der Waals surface area (Å²) >= 11 is 1.54. The van der Waals surface area contributed by atoms with Gasteiger partial charge in [-0.1, -0.05) is 36.4 Å². The lowest BCUT2D eigenvalue weighted by Crippen LogP contribution is -1.93. The van der Waals surface area contributed by atoms with Crippen LogP contribution in [-0.2, 0) is 0 Å². The number of nitro benzene ring substituents is 1. The van der Waals surface area contributed by atoms with E-state index in [1.54, 1.807) is 29.6 Å². The van der Waals surface area contributed by atoms with E-state index in [2.05, 4.69) is 6.07 Å². The first-order chi connectivity index (χ1) is 13.1. The van der Waals surface area contributed by atoms with Gasteiger partial charge in [-0.2, -0.15) is 0 Å². The molecule has 0 radical (unpaired) electrons. The number of fused-ring (bicyclic) bond motifs is 3. The molecule has 4 aromatic rings. The number of aromatic hydroxyl groups is 1. The molecule has 0 aliphatic carbocycles. The van der Waals surface area contributed by atoms with Crippen molar-refractivity contribution < 1.29 is 14.8 Å². The van der Waals surface area contributed by atoms with E-state index in [4.69, 9.17) is 9.72 Å². The minimum absolute atomic E-state index is 0.0548. The van der Waals surface area contributed by atoms with Crippen LogP contribution in [0.3, 0.4) is 0 Å². The third kappa shape index (κ3) is 3.09. The molecule has 0 saturated heterocycles. The molecule has 3 aromatic carbocycles. The van der Waals surface area contributed by atoms with Crippen LogP contribution in [0.1, 0.15) is 10.6 Å². The quantitative estimate of drug-likeness (QED) is 0.387. The number of aromatic nitrogens is 1. The first kappa shape index (κ1) is 17.0. The molecule has 0 aliphatic rings. The predicted molar refractivity (Wildman–Crippen MR) is 107 cm³/mol. The van der Waals surface area contributed by atoms with Crippen molar-refractivity contribution in [1.82, 2.24) is 4.98 Å². The van der Waals surface area contributed by atoms with Crippen molar-refractivity contribution in [3.8, 4) is 11.5 Å². The molecule has 0 unspecified atom stereocenters. The summed E-state index contributed by atoms with van der Waals surface area (Å²) in [5.74, 6) is -0.426. The van der Waals surface area contributed by atoms with Crippen LogP contribution < -0.4 is 4.74 Å². The molecule has 134 valence electrons. The van der Waals surface area contributed by atoms with Gasteiger partial charge in [0.1, 0.15) is 5.01 Å². The fourth-order valence-corrected chi connectivity index (χ4v) is 3.81. The molecular formula is C20H14N2O4S. The maximum absolute atomic E-state index is 11.1. The Morgan fingerprint density at radius 2 is 2.00 bits per heavy atom. The number of rotatable bonds is 4. The third-order valence-electron chi connectivity index (χ3n) is 4.21. The van der Waals surface area contributed by atoms with Crippen molar-refractivity contribution in [3.05, 3.63) is 69.2 Å². The molecule has 0 fully saturated rings. The van der Waals surface area contributed by atoms with Crippen LogP contribution in [0.4, 0.5) is 5.69 Å². The maximum atomic E-state index is 11.1. The second kappa shape index (κ2) is 6.69. The van der Waals surface area contributed by atoms with Gasteiger partial charge in [0.05, 0.1) is 22.2 Å². The van der Waals surface area contributed by atoms with Crippen LogP contribution in [0.5, 0.6) is 11.5 Å². The topological polar surface area (TPSA) is 85.5 Å². The van der Waals surface area contributed by atoms with Gasteiger partial charge < -0.3 is 9.84 Å². The van der Waals surface area contributed by atoms with E-state index in [9.17, 15) is 15.2 Å². The highest BCUT2D eigenvalue weighted by molar-refractivity contribution is 7.19. The Balaban J connectivity index is 1.76. The van der Waals surface area contributed by atoms with Crippen molar-refractivity contribution >= 4 is 50.2 Å². The summed E-state index contributed by atoms with van der Waals surface area (Å²) in [5.41, 5.74) is 1.08. The van der Waals surface area contributed by atoms with Crippen molar-refractivity contribution in [2.45, 2.75) is 0 Å². The summed E-state index contributed by atoms with van der Waals surface area (Å²) in [6.07, 6.45) is 3.52. The highest BCUT2D eigenvalue weighted by Crippen LogP contribution is 2.37. The molecule has 1 aromatic heterocycles. The summed E-state index contributed by atoms with van der Waals surface area (Å²) in [5, 5.41) is 24.0. The lowest BCUT2D eigenvalue weighted by molar-refractivity contribution is -0.386. The SMILES string of the molecule is COc1cc(/C=C/c2nc3c(ccc4ccccc43)s2)cc([N+](=O)[O-])c1O. The number of nitro groups is 1. The molecular weight excluding hydrogens is 364 g/mol. The fourth-order valence-electron chi connectivity index (χ4n) is 2.92. The number of nitrogens with zero attached hydrogens (tertiary/aromatic N) is 2. The molecule has 0 atom stereocenters. The molecule has 6 nitrogen and oxygen atoms in total. The normalized spacial score (nSPS) is 11.4. The van der Waals surface area contributed by atoms with Crippen molar-refractivity contribution in [3.63, 3.8) is 0 Å². The number of phenols is 1. The third-order valence-corrected chi connectivity index (χ3v) is 5.20. The maximum Gasteiger partial charge on any atom is 0.315 e. The Morgan fingerprint density at radius 3 is 2.78 bits per heavy atom. The van der Waals surface area contributed by atoms with Gasteiger partial charge in [-0.05, 0) is 29.2 Å². The summed E-state index contributed by atoms with van der Waals surface area (Å²) in [4.78, 5) is 15.2. The van der Waals surface area contributed by atoms with Gasteiger partial charge in [0, 0.05) is 11.5 Å². The van der Waals surface area contributed by atoms with E-state index >= 15 is 0 Å². The second-order valence-electron chi connectivity index (χ2n) is 5.87. The van der Waals surface area contributed by atoms with E-state index in [1.807, 2.05) is 30.3 Å². The van der Waals surface area contributed by atoms with Crippen molar-refractivity contribution in [1.29, 1.82) is 0 Å². The first-order valence-electron chi connectivity index (χ1n) is 8.08. The van der Waals surface area contributed by atoms with Gasteiger partial charge in [-0.25, -0.2) is 4.98 Å². The number of hydrogen-bond acceptors (Lipinski definition) is 6. The number of phenolic OH excluding ortho intramolecular Hbond substituents is 1. The summed E-state index contributed by atoms with van der Waals surface area (Å²) < 4.78 is 6.10. The van der Waals surface area contributed by atoms with Crippen LogP contribution in [0.15, 0.2) is 48.5 Å². The molecule has 4 rings (SSSR count). The standard InChI is InChI=1S/C20H14N2O4S/c1-26-16-11-12(10-15(20(16)23)22(24)25)6-9-18-21-19-14-5-3-2-4-13(14)7-8-17(19)27-18/h2-11,23H,1H3/b9-6+. The Labute approximate surface area is 158 Å². The van der Waals surface area contributed by atoms with Gasteiger partial charge in [0.25, 0.3) is 0 Å². The lowest BCUT2D eigenvalue weighted by Gasteiger charge is -2.05. The molecule has 7 heteroatoms. The number of hydrogen-bond donors (Lipinski definition) is 1. The second-order valence-corrected chi connectivity index (χ2v) is 6.93. The van der Waals surface area contributed by atoms with E-state index < -0.39 is 16.4 Å². The smallest absolute Gasteiger partial charge is 0.315 e. The average molecular weight is 378 g/mol. The zero-order chi connectivity index (χ0) is 19.0. The molecule has 0 amide bonds. The van der Waals surface area contributed by atoms with Gasteiger partial charge in [-0.15, -0.1) is 11.3 Å². The summed E-state index contributed by atoms with van der Waals surface area (Å²) in [7, 11) is 1.35. The van der Waals surface area contributed by atoms with Crippen LogP contribution in [-0.4, -0.2) is 22.1 Å². The monoisotopic (exact) mass is 378 g/mol.